The first-order chi connectivity index (χ1) is 13.3. The average Bonchev–Trinajstić information content (AvgIpc) is 3.28. The van der Waals surface area contributed by atoms with Crippen LogP contribution in [0, 0.1) is 17.8 Å². The highest BCUT2D eigenvalue weighted by Gasteiger charge is 2.60. The van der Waals surface area contributed by atoms with Crippen molar-refractivity contribution in [1.82, 2.24) is 15.1 Å². The molecule has 3 N–H and O–H groups in total. The van der Waals surface area contributed by atoms with Crippen LogP contribution in [0.2, 0.25) is 0 Å². The highest BCUT2D eigenvalue weighted by Crippen LogP contribution is 2.51. The smallest absolute Gasteiger partial charge is 0.353 e. The minimum Gasteiger partial charge on any atom is -0.477 e. The zero-order chi connectivity index (χ0) is 20.2. The molecule has 0 aromatic carbocycles. The van der Waals surface area contributed by atoms with Gasteiger partial charge in [-0.3, -0.25) is 4.79 Å². The molecule has 0 spiro atoms. The topological polar surface area (TPSA) is 93.1 Å². The number of nitrogens with zero attached hydrogens (tertiary/aromatic N) is 2. The fraction of sp³-hybridized carbons (Fsp3) is 0.800. The maximum Gasteiger partial charge on any atom is 0.353 e. The highest BCUT2D eigenvalue weighted by molar-refractivity contribution is 8.03. The number of aliphatic hydroxyl groups is 1. The second-order valence-electron chi connectivity index (χ2n) is 9.01. The predicted octanol–water partition coefficient (Wildman–Crippen LogP) is 0.946. The summed E-state index contributed by atoms with van der Waals surface area (Å²) in [6.45, 7) is 6.83. The maximum absolute atomic E-state index is 12.4. The van der Waals surface area contributed by atoms with Crippen molar-refractivity contribution >= 4 is 23.6 Å². The van der Waals surface area contributed by atoms with Gasteiger partial charge in [0.2, 0.25) is 5.91 Å². The van der Waals surface area contributed by atoms with Crippen LogP contribution >= 0.6 is 11.8 Å². The molecule has 0 aliphatic carbocycles. The van der Waals surface area contributed by atoms with Crippen LogP contribution in [0.4, 0.5) is 0 Å². The molecule has 0 radical (unpaired) electrons. The van der Waals surface area contributed by atoms with E-state index in [0.29, 0.717) is 11.3 Å². The quantitative estimate of drug-likeness (QED) is 0.562. The Morgan fingerprint density at radius 2 is 2.18 bits per heavy atom. The summed E-state index contributed by atoms with van der Waals surface area (Å²) in [4.78, 5) is 29.0. The van der Waals surface area contributed by atoms with Crippen LogP contribution in [0.25, 0.3) is 0 Å². The summed E-state index contributed by atoms with van der Waals surface area (Å²) < 4.78 is 0. The lowest BCUT2D eigenvalue weighted by Gasteiger charge is -2.46. The number of hydrogen-bond donors (Lipinski definition) is 3. The molecule has 8 heteroatoms. The number of rotatable bonds is 6. The normalized spacial score (nSPS) is 39.4. The van der Waals surface area contributed by atoms with Crippen molar-refractivity contribution in [2.75, 3.05) is 26.7 Å². The Kier molecular flexibility index (Phi) is 5.50. The van der Waals surface area contributed by atoms with Gasteiger partial charge in [-0.2, -0.15) is 0 Å². The molecule has 28 heavy (non-hydrogen) atoms. The second kappa shape index (κ2) is 7.63. The van der Waals surface area contributed by atoms with E-state index in [4.69, 9.17) is 0 Å². The van der Waals surface area contributed by atoms with Gasteiger partial charge in [-0.05, 0) is 45.7 Å². The number of carbonyl (C=O) groups excluding carboxylic acids is 1. The van der Waals surface area contributed by atoms with E-state index in [9.17, 15) is 19.8 Å². The number of β-lactam (4-membered cyclic amide) rings is 1. The van der Waals surface area contributed by atoms with E-state index in [1.54, 1.807) is 18.7 Å². The third-order valence-electron chi connectivity index (χ3n) is 6.89. The number of carboxylic acid groups (broad SMARTS) is 1. The molecule has 3 saturated heterocycles. The van der Waals surface area contributed by atoms with E-state index in [2.05, 4.69) is 17.3 Å². The Morgan fingerprint density at radius 3 is 2.79 bits per heavy atom. The average molecular weight is 410 g/mol. The molecule has 0 aromatic heterocycles. The minimum atomic E-state index is -1.04. The van der Waals surface area contributed by atoms with E-state index in [0.717, 1.165) is 23.8 Å². The first-order valence-corrected chi connectivity index (χ1v) is 11.2. The lowest BCUT2D eigenvalue weighted by molar-refractivity contribution is -0.163. The van der Waals surface area contributed by atoms with Crippen molar-refractivity contribution in [1.29, 1.82) is 0 Å². The van der Waals surface area contributed by atoms with E-state index < -0.39 is 18.0 Å². The summed E-state index contributed by atoms with van der Waals surface area (Å²) >= 11 is 1.64. The zero-order valence-electron chi connectivity index (χ0n) is 16.8. The summed E-state index contributed by atoms with van der Waals surface area (Å²) in [5.41, 5.74) is 0.144. The van der Waals surface area contributed by atoms with E-state index in [1.165, 1.54) is 30.8 Å². The monoisotopic (exact) mass is 409 g/mol. The summed E-state index contributed by atoms with van der Waals surface area (Å²) in [6, 6.07) is 0.267. The summed E-state index contributed by atoms with van der Waals surface area (Å²) in [6.07, 6.45) is 2.72. The van der Waals surface area contributed by atoms with Crippen molar-refractivity contribution in [2.45, 2.75) is 56.5 Å². The Balaban J connectivity index is 1.42. The molecule has 0 bridgehead atoms. The number of fused-ring (bicyclic) bond motifs is 1. The maximum atomic E-state index is 12.4. The third-order valence-corrected chi connectivity index (χ3v) is 8.40. The second-order valence-corrected chi connectivity index (χ2v) is 10.3. The van der Waals surface area contributed by atoms with Gasteiger partial charge in [0.05, 0.1) is 18.1 Å². The summed E-state index contributed by atoms with van der Waals surface area (Å²) in [7, 11) is 2.17. The molecular formula is C20H31N3O4S. The molecule has 0 aromatic rings. The van der Waals surface area contributed by atoms with Crippen molar-refractivity contribution in [3.63, 3.8) is 0 Å². The number of hydrogen-bond acceptors (Lipinski definition) is 6. The Morgan fingerprint density at radius 1 is 1.43 bits per heavy atom. The predicted molar refractivity (Wildman–Crippen MR) is 108 cm³/mol. The first-order valence-electron chi connectivity index (χ1n) is 10.3. The molecular weight excluding hydrogens is 378 g/mol. The van der Waals surface area contributed by atoms with Crippen molar-refractivity contribution in [3.05, 3.63) is 10.6 Å². The molecule has 0 saturated carbocycles. The van der Waals surface area contributed by atoms with Crippen LogP contribution in [0.3, 0.4) is 0 Å². The van der Waals surface area contributed by atoms with Gasteiger partial charge in [0.15, 0.2) is 0 Å². The SMILES string of the molecule is C[C@@H](O)[C@H]1C(=O)N2C(C(=O)O)=C(S[C@@H]3CN[C@H](CC4CCN(C)C4)C3)[C@H](C)[C@H]12. The molecule has 7 atom stereocenters. The summed E-state index contributed by atoms with van der Waals surface area (Å²) in [5, 5.41) is 23.7. The van der Waals surface area contributed by atoms with Gasteiger partial charge < -0.3 is 25.3 Å². The number of thioether (sulfide) groups is 1. The highest BCUT2D eigenvalue weighted by atomic mass is 32.2. The van der Waals surface area contributed by atoms with Crippen LogP contribution in [0.15, 0.2) is 10.6 Å². The van der Waals surface area contributed by atoms with Gasteiger partial charge >= 0.3 is 5.97 Å². The fourth-order valence-electron chi connectivity index (χ4n) is 5.53. The molecule has 4 rings (SSSR count). The number of nitrogens with one attached hydrogen (secondary N) is 1. The number of likely N-dealkylation sites (tertiary alicyclic amines) is 1. The van der Waals surface area contributed by atoms with Crippen LogP contribution < -0.4 is 5.32 Å². The first kappa shape index (κ1) is 20.2. The number of aliphatic hydroxyl groups excluding tert-OH is 1. The Hall–Kier alpha value is -1.09. The third kappa shape index (κ3) is 3.38. The summed E-state index contributed by atoms with van der Waals surface area (Å²) in [5.74, 6) is -1.08. The van der Waals surface area contributed by atoms with Gasteiger partial charge in [-0.15, -0.1) is 11.8 Å². The van der Waals surface area contributed by atoms with Crippen molar-refractivity contribution < 1.29 is 19.8 Å². The zero-order valence-corrected chi connectivity index (χ0v) is 17.6. The van der Waals surface area contributed by atoms with Gasteiger partial charge in [0.25, 0.3) is 0 Å². The molecule has 7 nitrogen and oxygen atoms in total. The molecule has 3 fully saturated rings. The Labute approximate surface area is 170 Å². The van der Waals surface area contributed by atoms with Crippen molar-refractivity contribution in [3.8, 4) is 0 Å². The number of carbonyl (C=O) groups is 2. The largest absolute Gasteiger partial charge is 0.477 e. The van der Waals surface area contributed by atoms with Crippen molar-refractivity contribution in [2.24, 2.45) is 17.8 Å². The van der Waals surface area contributed by atoms with E-state index in [1.807, 2.05) is 6.92 Å². The van der Waals surface area contributed by atoms with Crippen LogP contribution in [-0.4, -0.2) is 82.0 Å². The molecule has 4 aliphatic rings. The molecule has 1 amide bonds. The van der Waals surface area contributed by atoms with Gasteiger partial charge in [0.1, 0.15) is 5.70 Å². The molecule has 1 unspecified atom stereocenters. The minimum absolute atomic E-state index is 0.0454. The lowest BCUT2D eigenvalue weighted by Crippen LogP contribution is -2.63. The fourth-order valence-corrected chi connectivity index (χ4v) is 7.05. The van der Waals surface area contributed by atoms with Gasteiger partial charge in [-0.25, -0.2) is 4.79 Å². The lowest BCUT2D eigenvalue weighted by atomic mass is 9.79. The molecule has 156 valence electrons. The number of amides is 1. The number of aliphatic carboxylic acids is 1. The van der Waals surface area contributed by atoms with E-state index in [-0.39, 0.29) is 23.6 Å². The van der Waals surface area contributed by atoms with Crippen LogP contribution in [0.5, 0.6) is 0 Å². The van der Waals surface area contributed by atoms with E-state index >= 15 is 0 Å². The van der Waals surface area contributed by atoms with Gasteiger partial charge in [-0.1, -0.05) is 6.92 Å². The van der Waals surface area contributed by atoms with Crippen LogP contribution in [0.1, 0.15) is 33.1 Å². The standard InChI is InChI=1S/C20H31N3O4S/c1-10-16-15(11(2)24)19(25)23(16)17(20(26)27)18(10)28-14-7-13(21-8-14)6-12-4-5-22(3)9-12/h10-16,21,24H,4-9H2,1-3H3,(H,26,27)/t10-,11-,12?,13-,14+,15-,16-/m1/s1. The van der Waals surface area contributed by atoms with Crippen LogP contribution in [-0.2, 0) is 9.59 Å². The van der Waals surface area contributed by atoms with Gasteiger partial charge in [0, 0.05) is 35.2 Å². The molecule has 4 heterocycles. The molecule has 4 aliphatic heterocycles. The number of carboxylic acids is 1. The Bertz CT molecular complexity index is 697.